The maximum absolute atomic E-state index is 8.59. The van der Waals surface area contributed by atoms with E-state index in [0.29, 0.717) is 12.3 Å². The van der Waals surface area contributed by atoms with Crippen molar-refractivity contribution < 1.29 is 5.21 Å². The van der Waals surface area contributed by atoms with Crippen molar-refractivity contribution in [3.8, 4) is 0 Å². The first-order valence-corrected chi connectivity index (χ1v) is 7.23. The molecule has 0 radical (unpaired) electrons. The van der Waals surface area contributed by atoms with Crippen LogP contribution in [-0.4, -0.2) is 29.0 Å². The van der Waals surface area contributed by atoms with Crippen LogP contribution in [0.1, 0.15) is 25.8 Å². The molecule has 5 heteroatoms. The number of nitrogens with zero attached hydrogens (tertiary/aromatic N) is 2. The van der Waals surface area contributed by atoms with Crippen LogP contribution in [0.3, 0.4) is 0 Å². The van der Waals surface area contributed by atoms with Gasteiger partial charge >= 0.3 is 0 Å². The first-order valence-electron chi connectivity index (χ1n) is 6.44. The van der Waals surface area contributed by atoms with E-state index in [-0.39, 0.29) is 5.84 Å². The molecular weight excluding hydrogens is 306 g/mol. The van der Waals surface area contributed by atoms with Gasteiger partial charge in [-0.3, -0.25) is 4.90 Å². The predicted molar refractivity (Wildman–Crippen MR) is 82.3 cm³/mol. The predicted octanol–water partition coefficient (Wildman–Crippen LogP) is 3.04. The fraction of sp³-hybridized carbons (Fsp3) is 0.500. The molecule has 4 nitrogen and oxygen atoms in total. The van der Waals surface area contributed by atoms with E-state index in [1.165, 1.54) is 5.56 Å². The summed E-state index contributed by atoms with van der Waals surface area (Å²) in [6, 6.07) is 8.29. The van der Waals surface area contributed by atoms with Gasteiger partial charge in [0.2, 0.25) is 0 Å². The van der Waals surface area contributed by atoms with Gasteiger partial charge in [-0.15, -0.1) is 0 Å². The lowest BCUT2D eigenvalue weighted by Gasteiger charge is -2.24. The number of benzene rings is 1. The lowest BCUT2D eigenvalue weighted by Crippen LogP contribution is -2.31. The van der Waals surface area contributed by atoms with E-state index in [0.717, 1.165) is 24.1 Å². The lowest BCUT2D eigenvalue weighted by molar-refractivity contribution is 0.240. The van der Waals surface area contributed by atoms with Gasteiger partial charge in [-0.05, 0) is 23.6 Å². The van der Waals surface area contributed by atoms with Gasteiger partial charge in [-0.1, -0.05) is 47.1 Å². The normalized spacial score (nSPS) is 12.4. The highest BCUT2D eigenvalue weighted by molar-refractivity contribution is 9.10. The van der Waals surface area contributed by atoms with Crippen LogP contribution in [0.4, 0.5) is 0 Å². The quantitative estimate of drug-likeness (QED) is 0.350. The van der Waals surface area contributed by atoms with Crippen LogP contribution in [0.25, 0.3) is 0 Å². The molecule has 3 N–H and O–H groups in total. The van der Waals surface area contributed by atoms with Crippen molar-refractivity contribution in [2.45, 2.75) is 26.8 Å². The molecule has 0 atom stereocenters. The smallest absolute Gasteiger partial charge is 0.140 e. The van der Waals surface area contributed by atoms with Crippen molar-refractivity contribution in [1.82, 2.24) is 4.90 Å². The van der Waals surface area contributed by atoms with E-state index in [9.17, 15) is 0 Å². The summed E-state index contributed by atoms with van der Waals surface area (Å²) in [6.07, 6.45) is 0.581. The molecule has 106 valence electrons. The zero-order valence-corrected chi connectivity index (χ0v) is 13.1. The number of halogens is 1. The lowest BCUT2D eigenvalue weighted by atomic mass is 10.1. The Bertz CT molecular complexity index is 421. The van der Waals surface area contributed by atoms with Crippen molar-refractivity contribution in [3.05, 3.63) is 34.3 Å². The van der Waals surface area contributed by atoms with Crippen LogP contribution in [0.15, 0.2) is 33.9 Å². The van der Waals surface area contributed by atoms with Gasteiger partial charge in [0.25, 0.3) is 0 Å². The number of oxime groups is 1. The molecule has 0 aliphatic rings. The largest absolute Gasteiger partial charge is 0.409 e. The van der Waals surface area contributed by atoms with Gasteiger partial charge in [0.05, 0.1) is 0 Å². The minimum atomic E-state index is 0.281. The minimum Gasteiger partial charge on any atom is -0.409 e. The van der Waals surface area contributed by atoms with E-state index < -0.39 is 0 Å². The highest BCUT2D eigenvalue weighted by Crippen LogP contribution is 2.14. The molecule has 19 heavy (non-hydrogen) atoms. The number of rotatable bonds is 7. The summed E-state index contributed by atoms with van der Waals surface area (Å²) in [7, 11) is 0. The number of nitrogens with two attached hydrogens (primary N) is 1. The second kappa shape index (κ2) is 8.17. The fourth-order valence-corrected chi connectivity index (χ4v) is 2.41. The monoisotopic (exact) mass is 327 g/mol. The summed E-state index contributed by atoms with van der Waals surface area (Å²) in [5, 5.41) is 11.6. The van der Waals surface area contributed by atoms with Crippen molar-refractivity contribution in [1.29, 1.82) is 0 Å². The highest BCUT2D eigenvalue weighted by atomic mass is 79.9. The fourth-order valence-electron chi connectivity index (χ4n) is 1.97. The third-order valence-electron chi connectivity index (χ3n) is 2.73. The Labute approximate surface area is 123 Å². The zero-order chi connectivity index (χ0) is 14.3. The Morgan fingerprint density at radius 3 is 2.79 bits per heavy atom. The van der Waals surface area contributed by atoms with E-state index in [4.69, 9.17) is 10.9 Å². The molecular formula is C14H22BrN3O. The van der Waals surface area contributed by atoms with Crippen LogP contribution in [-0.2, 0) is 6.54 Å². The molecule has 0 aromatic heterocycles. The summed E-state index contributed by atoms with van der Waals surface area (Å²) in [5.74, 6) is 0.863. The highest BCUT2D eigenvalue weighted by Gasteiger charge is 2.09. The summed E-state index contributed by atoms with van der Waals surface area (Å²) >= 11 is 3.49. The molecule has 0 spiro atoms. The van der Waals surface area contributed by atoms with Crippen LogP contribution in [0, 0.1) is 5.92 Å². The number of hydrogen-bond donors (Lipinski definition) is 2. The topological polar surface area (TPSA) is 61.8 Å². The minimum absolute atomic E-state index is 0.281. The first kappa shape index (κ1) is 16.0. The number of hydrogen-bond acceptors (Lipinski definition) is 3. The summed E-state index contributed by atoms with van der Waals surface area (Å²) in [5.41, 5.74) is 6.79. The SMILES string of the molecule is CC(C)CN(CCC(N)=NO)Cc1cccc(Br)c1. The van der Waals surface area contributed by atoms with Crippen molar-refractivity contribution in [2.24, 2.45) is 16.8 Å². The van der Waals surface area contributed by atoms with Gasteiger partial charge in [0, 0.05) is 30.5 Å². The second-order valence-electron chi connectivity index (χ2n) is 5.10. The molecule has 0 bridgehead atoms. The molecule has 0 aliphatic heterocycles. The number of amidine groups is 1. The van der Waals surface area contributed by atoms with Gasteiger partial charge in [0.1, 0.15) is 5.84 Å². The standard InChI is InChI=1S/C14H22BrN3O/c1-11(2)9-18(7-6-14(16)17-19)10-12-4-3-5-13(15)8-12/h3-5,8,11,19H,6-7,9-10H2,1-2H3,(H2,16,17). The van der Waals surface area contributed by atoms with E-state index in [1.54, 1.807) is 0 Å². The maximum Gasteiger partial charge on any atom is 0.140 e. The van der Waals surface area contributed by atoms with Gasteiger partial charge in [-0.2, -0.15) is 0 Å². The molecule has 0 saturated carbocycles. The van der Waals surface area contributed by atoms with Gasteiger partial charge in [-0.25, -0.2) is 0 Å². The average Bonchev–Trinajstić information content (AvgIpc) is 2.35. The van der Waals surface area contributed by atoms with E-state index in [1.807, 2.05) is 12.1 Å². The molecule has 0 fully saturated rings. The van der Waals surface area contributed by atoms with Crippen LogP contribution >= 0.6 is 15.9 Å². The zero-order valence-electron chi connectivity index (χ0n) is 11.5. The molecule has 0 amide bonds. The molecule has 0 saturated heterocycles. The van der Waals surface area contributed by atoms with Gasteiger partial charge in [0.15, 0.2) is 0 Å². The average molecular weight is 328 g/mol. The van der Waals surface area contributed by atoms with Crippen molar-refractivity contribution in [2.75, 3.05) is 13.1 Å². The van der Waals surface area contributed by atoms with E-state index in [2.05, 4.69) is 52.0 Å². The summed E-state index contributed by atoms with van der Waals surface area (Å²) < 4.78 is 1.09. The second-order valence-corrected chi connectivity index (χ2v) is 6.02. The van der Waals surface area contributed by atoms with Crippen LogP contribution < -0.4 is 5.73 Å². The molecule has 1 aromatic carbocycles. The molecule has 0 aliphatic carbocycles. The Kier molecular flexibility index (Phi) is 6.87. The summed E-state index contributed by atoms with van der Waals surface area (Å²) in [6.45, 7) is 7.04. The Morgan fingerprint density at radius 1 is 1.47 bits per heavy atom. The third-order valence-corrected chi connectivity index (χ3v) is 3.22. The molecule has 1 rings (SSSR count). The Hall–Kier alpha value is -1.07. The Morgan fingerprint density at radius 2 is 2.21 bits per heavy atom. The maximum atomic E-state index is 8.59. The Balaban J connectivity index is 2.63. The first-order chi connectivity index (χ1) is 9.01. The summed E-state index contributed by atoms with van der Waals surface area (Å²) in [4.78, 5) is 2.32. The molecule has 0 unspecified atom stereocenters. The van der Waals surface area contributed by atoms with Crippen LogP contribution in [0.2, 0.25) is 0 Å². The van der Waals surface area contributed by atoms with Crippen molar-refractivity contribution in [3.63, 3.8) is 0 Å². The van der Waals surface area contributed by atoms with E-state index >= 15 is 0 Å². The molecule has 0 heterocycles. The van der Waals surface area contributed by atoms with Gasteiger partial charge < -0.3 is 10.9 Å². The van der Waals surface area contributed by atoms with Crippen molar-refractivity contribution >= 4 is 21.8 Å². The molecule has 1 aromatic rings. The third kappa shape index (κ3) is 6.59. The van der Waals surface area contributed by atoms with Crippen LogP contribution in [0.5, 0.6) is 0 Å².